The molecule has 7 heteroatoms. The maximum atomic E-state index is 13.5. The van der Waals surface area contributed by atoms with Crippen LogP contribution in [0.25, 0.3) is 0 Å². The van der Waals surface area contributed by atoms with Crippen molar-refractivity contribution in [3.8, 4) is 0 Å². The van der Waals surface area contributed by atoms with Gasteiger partial charge in [0.25, 0.3) is 5.91 Å². The Hall–Kier alpha value is -2.25. The first-order valence-electron chi connectivity index (χ1n) is 10.2. The van der Waals surface area contributed by atoms with Gasteiger partial charge in [-0.05, 0) is 74.8 Å². The Bertz CT molecular complexity index is 927. The van der Waals surface area contributed by atoms with Crippen LogP contribution < -0.4 is 11.1 Å². The van der Waals surface area contributed by atoms with Crippen molar-refractivity contribution in [2.45, 2.75) is 51.0 Å². The molecule has 2 heterocycles. The predicted octanol–water partition coefficient (Wildman–Crippen LogP) is 3.51. The van der Waals surface area contributed by atoms with Crippen molar-refractivity contribution in [2.75, 3.05) is 18.4 Å². The Morgan fingerprint density at radius 3 is 2.86 bits per heavy atom. The molecule has 0 bridgehead atoms. The van der Waals surface area contributed by atoms with Crippen molar-refractivity contribution in [1.82, 2.24) is 4.90 Å². The number of likely N-dealkylation sites (tertiary alicyclic amines) is 1. The second-order valence-electron chi connectivity index (χ2n) is 7.93. The van der Waals surface area contributed by atoms with Crippen LogP contribution >= 0.6 is 11.3 Å². The number of thiophene rings is 1. The van der Waals surface area contributed by atoms with Crippen LogP contribution in [0.3, 0.4) is 0 Å². The van der Waals surface area contributed by atoms with E-state index in [2.05, 4.69) is 10.2 Å². The maximum absolute atomic E-state index is 13.5. The quantitative estimate of drug-likeness (QED) is 0.758. The van der Waals surface area contributed by atoms with Crippen molar-refractivity contribution in [3.05, 3.63) is 51.7 Å². The zero-order valence-corrected chi connectivity index (χ0v) is 17.2. The first kappa shape index (κ1) is 20.0. The molecule has 1 fully saturated rings. The molecule has 1 aliphatic heterocycles. The van der Waals surface area contributed by atoms with E-state index in [1.54, 1.807) is 12.1 Å². The molecule has 2 amide bonds. The number of anilines is 1. The molecule has 0 radical (unpaired) electrons. The molecule has 1 aliphatic carbocycles. The van der Waals surface area contributed by atoms with E-state index in [9.17, 15) is 14.0 Å². The van der Waals surface area contributed by atoms with Crippen LogP contribution in [0.4, 0.5) is 9.39 Å². The number of primary amides is 1. The lowest BCUT2D eigenvalue weighted by atomic mass is 9.95. The van der Waals surface area contributed by atoms with Crippen LogP contribution in [-0.4, -0.2) is 35.8 Å². The molecule has 1 saturated heterocycles. The summed E-state index contributed by atoms with van der Waals surface area (Å²) >= 11 is 1.49. The minimum Gasteiger partial charge on any atom is -0.365 e. The lowest BCUT2D eigenvalue weighted by molar-refractivity contribution is -0.117. The Morgan fingerprint density at radius 2 is 2.07 bits per heavy atom. The molecule has 2 aromatic rings. The summed E-state index contributed by atoms with van der Waals surface area (Å²) in [7, 11) is 0. The van der Waals surface area contributed by atoms with Gasteiger partial charge in [0.2, 0.25) is 5.91 Å². The SMILES string of the molecule is NC(=O)c1c(NC(=O)CN2CCCC2Cc2cccc(F)c2)sc2c1CCCC2. The van der Waals surface area contributed by atoms with Crippen LogP contribution in [0.5, 0.6) is 0 Å². The Kier molecular flexibility index (Phi) is 5.96. The van der Waals surface area contributed by atoms with Gasteiger partial charge in [-0.3, -0.25) is 14.5 Å². The van der Waals surface area contributed by atoms with Crippen molar-refractivity contribution < 1.29 is 14.0 Å². The number of rotatable bonds is 6. The normalized spacial score (nSPS) is 19.1. The lowest BCUT2D eigenvalue weighted by Crippen LogP contribution is -2.38. The number of hydrogen-bond acceptors (Lipinski definition) is 4. The topological polar surface area (TPSA) is 75.4 Å². The number of nitrogens with two attached hydrogens (primary N) is 1. The molecule has 1 atom stereocenters. The number of carbonyl (C=O) groups is 2. The Labute approximate surface area is 174 Å². The summed E-state index contributed by atoms with van der Waals surface area (Å²) in [5.41, 5.74) is 8.08. The molecular formula is C22H26FN3O2S. The third-order valence-corrected chi connectivity index (χ3v) is 7.08. The fraction of sp³-hybridized carbons (Fsp3) is 0.455. The number of nitrogens with one attached hydrogen (secondary N) is 1. The molecule has 0 spiro atoms. The Balaban J connectivity index is 1.43. The molecule has 4 rings (SSSR count). The highest BCUT2D eigenvalue weighted by Crippen LogP contribution is 2.38. The third-order valence-electron chi connectivity index (χ3n) is 5.88. The summed E-state index contributed by atoms with van der Waals surface area (Å²) in [5.74, 6) is -0.826. The minimum atomic E-state index is -0.468. The van der Waals surface area contributed by atoms with Gasteiger partial charge in [-0.25, -0.2) is 4.39 Å². The van der Waals surface area contributed by atoms with Crippen LogP contribution in [0.15, 0.2) is 24.3 Å². The summed E-state index contributed by atoms with van der Waals surface area (Å²) in [5, 5.41) is 3.54. The molecule has 2 aliphatic rings. The molecule has 1 aromatic heterocycles. The van der Waals surface area contributed by atoms with Gasteiger partial charge in [-0.15, -0.1) is 11.3 Å². The lowest BCUT2D eigenvalue weighted by Gasteiger charge is -2.24. The second-order valence-corrected chi connectivity index (χ2v) is 9.03. The van der Waals surface area contributed by atoms with Gasteiger partial charge < -0.3 is 11.1 Å². The summed E-state index contributed by atoms with van der Waals surface area (Å²) < 4.78 is 13.5. The number of halogens is 1. The van der Waals surface area contributed by atoms with E-state index in [4.69, 9.17) is 5.73 Å². The number of nitrogens with zero attached hydrogens (tertiary/aromatic N) is 1. The minimum absolute atomic E-state index is 0.128. The van der Waals surface area contributed by atoms with Gasteiger partial charge in [0.1, 0.15) is 10.8 Å². The van der Waals surface area contributed by atoms with Crippen LogP contribution in [0, 0.1) is 5.82 Å². The molecule has 1 aromatic carbocycles. The van der Waals surface area contributed by atoms with Gasteiger partial charge in [0, 0.05) is 10.9 Å². The van der Waals surface area contributed by atoms with E-state index in [1.807, 2.05) is 6.07 Å². The highest BCUT2D eigenvalue weighted by atomic mass is 32.1. The van der Waals surface area contributed by atoms with E-state index in [0.717, 1.165) is 62.6 Å². The number of aryl methyl sites for hydroxylation is 1. The smallest absolute Gasteiger partial charge is 0.251 e. The average Bonchev–Trinajstić information content (AvgIpc) is 3.25. The maximum Gasteiger partial charge on any atom is 0.251 e. The van der Waals surface area contributed by atoms with Crippen LogP contribution in [0.2, 0.25) is 0 Å². The fourth-order valence-corrected chi connectivity index (χ4v) is 5.85. The summed E-state index contributed by atoms with van der Waals surface area (Å²) in [6.07, 6.45) is 6.68. The highest BCUT2D eigenvalue weighted by Gasteiger charge is 2.28. The number of amides is 2. The van der Waals surface area contributed by atoms with Gasteiger partial charge in [-0.1, -0.05) is 12.1 Å². The Morgan fingerprint density at radius 1 is 1.24 bits per heavy atom. The van der Waals surface area contributed by atoms with E-state index >= 15 is 0 Å². The molecule has 29 heavy (non-hydrogen) atoms. The van der Waals surface area contributed by atoms with Gasteiger partial charge in [0.15, 0.2) is 0 Å². The molecule has 1 unspecified atom stereocenters. The molecule has 3 N–H and O–H groups in total. The van der Waals surface area contributed by atoms with Crippen molar-refractivity contribution in [2.24, 2.45) is 5.73 Å². The van der Waals surface area contributed by atoms with Gasteiger partial charge >= 0.3 is 0 Å². The fourth-order valence-electron chi connectivity index (χ4n) is 4.54. The first-order chi connectivity index (χ1) is 14.0. The van der Waals surface area contributed by atoms with Gasteiger partial charge in [-0.2, -0.15) is 0 Å². The largest absolute Gasteiger partial charge is 0.365 e. The number of benzene rings is 1. The third kappa shape index (κ3) is 4.51. The van der Waals surface area contributed by atoms with Crippen molar-refractivity contribution in [1.29, 1.82) is 0 Å². The van der Waals surface area contributed by atoms with E-state index in [1.165, 1.54) is 22.3 Å². The highest BCUT2D eigenvalue weighted by molar-refractivity contribution is 7.17. The zero-order chi connectivity index (χ0) is 20.4. The summed E-state index contributed by atoms with van der Waals surface area (Å²) in [4.78, 5) is 28.1. The zero-order valence-electron chi connectivity index (χ0n) is 16.4. The molecular weight excluding hydrogens is 389 g/mol. The number of hydrogen-bond donors (Lipinski definition) is 2. The van der Waals surface area contributed by atoms with Crippen LogP contribution in [0.1, 0.15) is 52.0 Å². The van der Waals surface area contributed by atoms with E-state index < -0.39 is 5.91 Å². The van der Waals surface area contributed by atoms with E-state index in [0.29, 0.717) is 10.6 Å². The van der Waals surface area contributed by atoms with E-state index in [-0.39, 0.29) is 24.3 Å². The summed E-state index contributed by atoms with van der Waals surface area (Å²) in [6.45, 7) is 1.11. The first-order valence-corrected chi connectivity index (χ1v) is 11.1. The average molecular weight is 416 g/mol. The second kappa shape index (κ2) is 8.63. The molecule has 154 valence electrons. The predicted molar refractivity (Wildman–Crippen MR) is 113 cm³/mol. The van der Waals surface area contributed by atoms with Crippen LogP contribution in [-0.2, 0) is 24.1 Å². The van der Waals surface area contributed by atoms with Crippen molar-refractivity contribution >= 4 is 28.2 Å². The number of carbonyl (C=O) groups excluding carboxylic acids is 2. The van der Waals surface area contributed by atoms with Crippen molar-refractivity contribution in [3.63, 3.8) is 0 Å². The molecule has 5 nitrogen and oxygen atoms in total. The monoisotopic (exact) mass is 415 g/mol. The van der Waals surface area contributed by atoms with Gasteiger partial charge in [0.05, 0.1) is 12.1 Å². The summed E-state index contributed by atoms with van der Waals surface area (Å²) in [6, 6.07) is 6.87. The molecule has 0 saturated carbocycles. The standard InChI is InChI=1S/C22H26FN3O2S/c23-15-6-3-5-14(11-15)12-16-7-4-10-26(16)13-19(27)25-22-20(21(24)28)17-8-1-2-9-18(17)29-22/h3,5-6,11,16H,1-2,4,7-10,12-13H2,(H2,24,28)(H,25,27). The number of fused-ring (bicyclic) bond motifs is 1.